The Hall–Kier alpha value is -1.83. The Morgan fingerprint density at radius 2 is 2.07 bits per heavy atom. The number of hydrogen-bond donors (Lipinski definition) is 3. The van der Waals surface area contributed by atoms with Crippen LogP contribution < -0.4 is 16.3 Å². The lowest BCUT2D eigenvalue weighted by molar-refractivity contribution is 0.0948. The van der Waals surface area contributed by atoms with Crippen molar-refractivity contribution < 1.29 is 9.21 Å². The van der Waals surface area contributed by atoms with Gasteiger partial charge in [0.2, 0.25) is 0 Å². The third-order valence-corrected chi connectivity index (χ3v) is 5.26. The molecule has 0 spiro atoms. The zero-order chi connectivity index (χ0) is 19.4. The van der Waals surface area contributed by atoms with E-state index in [1.54, 1.807) is 6.92 Å². The fourth-order valence-corrected chi connectivity index (χ4v) is 3.70. The molecule has 2 aromatic rings. The summed E-state index contributed by atoms with van der Waals surface area (Å²) in [5.41, 5.74) is 3.47. The van der Waals surface area contributed by atoms with Crippen LogP contribution in [0.4, 0.5) is 0 Å². The van der Waals surface area contributed by atoms with E-state index in [2.05, 4.69) is 20.8 Å². The molecule has 0 aromatic carbocycles. The van der Waals surface area contributed by atoms with Gasteiger partial charge in [-0.3, -0.25) is 9.89 Å². The molecular formula is C20H30Cl2N4O3. The van der Waals surface area contributed by atoms with Crippen LogP contribution in [0.15, 0.2) is 15.3 Å². The van der Waals surface area contributed by atoms with Crippen molar-refractivity contribution in [3.8, 4) is 0 Å². The Labute approximate surface area is 183 Å². The average Bonchev–Trinajstić information content (AvgIpc) is 2.97. The van der Waals surface area contributed by atoms with Crippen LogP contribution in [0.5, 0.6) is 0 Å². The molecular weight excluding hydrogens is 415 g/mol. The topological polar surface area (TPSA) is 100 Å². The van der Waals surface area contributed by atoms with E-state index in [9.17, 15) is 9.59 Å². The molecule has 1 amide bonds. The summed E-state index contributed by atoms with van der Waals surface area (Å²) in [5, 5.41) is 13.3. The lowest BCUT2D eigenvalue weighted by Gasteiger charge is -2.22. The fourth-order valence-electron chi connectivity index (χ4n) is 3.70. The summed E-state index contributed by atoms with van der Waals surface area (Å²) in [6.45, 7) is 8.06. The quantitative estimate of drug-likeness (QED) is 0.594. The maximum atomic E-state index is 12.5. The van der Waals surface area contributed by atoms with E-state index in [-0.39, 0.29) is 42.2 Å². The van der Waals surface area contributed by atoms with Crippen LogP contribution in [0.1, 0.15) is 63.8 Å². The van der Waals surface area contributed by atoms with Crippen molar-refractivity contribution in [1.29, 1.82) is 0 Å². The molecule has 1 aliphatic rings. The third-order valence-electron chi connectivity index (χ3n) is 5.26. The molecule has 3 N–H and O–H groups in total. The van der Waals surface area contributed by atoms with E-state index in [0.717, 1.165) is 50.2 Å². The maximum Gasteiger partial charge on any atom is 0.349 e. The minimum absolute atomic E-state index is 0. The first-order valence-electron chi connectivity index (χ1n) is 9.61. The highest BCUT2D eigenvalue weighted by Gasteiger charge is 2.22. The van der Waals surface area contributed by atoms with E-state index in [1.807, 2.05) is 19.9 Å². The van der Waals surface area contributed by atoms with Gasteiger partial charge in [-0.2, -0.15) is 5.10 Å². The van der Waals surface area contributed by atoms with Crippen LogP contribution in [-0.4, -0.2) is 35.7 Å². The summed E-state index contributed by atoms with van der Waals surface area (Å²) >= 11 is 0. The number of carbonyl (C=O) groups excluding carboxylic acids is 1. The SMILES string of the molecule is Cc1cc(C2CCCNC2)oc(=O)c1C(=O)NCCCc1c(C)n[nH]c1C.Cl.Cl. The number of carbonyl (C=O) groups is 1. The molecule has 1 atom stereocenters. The van der Waals surface area contributed by atoms with E-state index in [1.165, 1.54) is 5.56 Å². The Morgan fingerprint density at radius 3 is 2.66 bits per heavy atom. The van der Waals surface area contributed by atoms with Gasteiger partial charge in [-0.05, 0) is 70.2 Å². The van der Waals surface area contributed by atoms with Crippen LogP contribution >= 0.6 is 24.8 Å². The Bertz CT molecular complexity index is 854. The zero-order valence-electron chi connectivity index (χ0n) is 17.1. The molecule has 1 unspecified atom stereocenters. The number of aromatic nitrogens is 2. The number of nitrogens with one attached hydrogen (secondary N) is 3. The second-order valence-electron chi connectivity index (χ2n) is 7.31. The van der Waals surface area contributed by atoms with Gasteiger partial charge >= 0.3 is 5.63 Å². The third kappa shape index (κ3) is 6.07. The van der Waals surface area contributed by atoms with Gasteiger partial charge in [-0.1, -0.05) is 0 Å². The highest BCUT2D eigenvalue weighted by Crippen LogP contribution is 2.23. The molecule has 29 heavy (non-hydrogen) atoms. The molecule has 7 nitrogen and oxygen atoms in total. The van der Waals surface area contributed by atoms with Crippen LogP contribution in [0, 0.1) is 20.8 Å². The molecule has 0 bridgehead atoms. The number of aryl methyl sites for hydroxylation is 3. The van der Waals surface area contributed by atoms with Crippen molar-refractivity contribution in [2.45, 2.75) is 52.4 Å². The molecule has 3 rings (SSSR count). The number of rotatable bonds is 6. The van der Waals surface area contributed by atoms with E-state index in [0.29, 0.717) is 17.9 Å². The molecule has 1 saturated heterocycles. The molecule has 3 heterocycles. The van der Waals surface area contributed by atoms with Crippen molar-refractivity contribution in [2.24, 2.45) is 0 Å². The molecule has 2 aromatic heterocycles. The summed E-state index contributed by atoms with van der Waals surface area (Å²) in [6, 6.07) is 1.84. The van der Waals surface area contributed by atoms with Crippen molar-refractivity contribution in [1.82, 2.24) is 20.8 Å². The summed E-state index contributed by atoms with van der Waals surface area (Å²) in [5.74, 6) is 0.506. The Kier molecular flexibility index (Phi) is 9.89. The summed E-state index contributed by atoms with van der Waals surface area (Å²) < 4.78 is 5.48. The van der Waals surface area contributed by atoms with Crippen LogP contribution in [0.25, 0.3) is 0 Å². The lowest BCUT2D eigenvalue weighted by atomic mass is 9.95. The number of piperidine rings is 1. The molecule has 0 radical (unpaired) electrons. The van der Waals surface area contributed by atoms with Gasteiger partial charge in [-0.25, -0.2) is 4.79 Å². The smallest absolute Gasteiger partial charge is 0.349 e. The van der Waals surface area contributed by atoms with Crippen molar-refractivity contribution >= 4 is 30.7 Å². The van der Waals surface area contributed by atoms with Crippen LogP contribution in [0.3, 0.4) is 0 Å². The van der Waals surface area contributed by atoms with Crippen molar-refractivity contribution in [3.63, 3.8) is 0 Å². The minimum atomic E-state index is -0.547. The van der Waals surface area contributed by atoms with Crippen molar-refractivity contribution in [3.05, 3.63) is 50.3 Å². The summed E-state index contributed by atoms with van der Waals surface area (Å²) in [7, 11) is 0. The Morgan fingerprint density at radius 1 is 1.31 bits per heavy atom. The number of halogens is 2. The number of amides is 1. The first kappa shape index (κ1) is 25.2. The Balaban J connectivity index is 0.00000210. The number of aromatic amines is 1. The monoisotopic (exact) mass is 444 g/mol. The van der Waals surface area contributed by atoms with Gasteiger partial charge in [-0.15, -0.1) is 24.8 Å². The van der Waals surface area contributed by atoms with Crippen LogP contribution in [-0.2, 0) is 6.42 Å². The van der Waals surface area contributed by atoms with Gasteiger partial charge in [0.15, 0.2) is 0 Å². The molecule has 0 saturated carbocycles. The molecule has 0 aliphatic carbocycles. The minimum Gasteiger partial charge on any atom is -0.427 e. The van der Waals surface area contributed by atoms with E-state index in [4.69, 9.17) is 4.42 Å². The van der Waals surface area contributed by atoms with Crippen LogP contribution in [0.2, 0.25) is 0 Å². The number of nitrogens with zero attached hydrogens (tertiary/aromatic N) is 1. The van der Waals surface area contributed by atoms with E-state index >= 15 is 0 Å². The fraction of sp³-hybridized carbons (Fsp3) is 0.550. The largest absolute Gasteiger partial charge is 0.427 e. The summed E-state index contributed by atoms with van der Waals surface area (Å²) in [4.78, 5) is 24.9. The summed E-state index contributed by atoms with van der Waals surface area (Å²) in [6.07, 6.45) is 3.66. The number of H-pyrrole nitrogens is 1. The second-order valence-corrected chi connectivity index (χ2v) is 7.31. The van der Waals surface area contributed by atoms with Gasteiger partial charge in [0.1, 0.15) is 11.3 Å². The first-order valence-corrected chi connectivity index (χ1v) is 9.61. The van der Waals surface area contributed by atoms with Gasteiger partial charge in [0, 0.05) is 24.7 Å². The first-order chi connectivity index (χ1) is 13.0. The molecule has 9 heteroatoms. The second kappa shape index (κ2) is 11.4. The van der Waals surface area contributed by atoms with Gasteiger partial charge in [0.05, 0.1) is 5.69 Å². The molecule has 1 fully saturated rings. The molecule has 1 aliphatic heterocycles. The van der Waals surface area contributed by atoms with Gasteiger partial charge < -0.3 is 15.1 Å². The average molecular weight is 445 g/mol. The normalized spacial score (nSPS) is 15.9. The lowest BCUT2D eigenvalue weighted by Crippen LogP contribution is -2.32. The predicted octanol–water partition coefficient (Wildman–Crippen LogP) is 2.96. The number of hydrogen-bond acceptors (Lipinski definition) is 5. The van der Waals surface area contributed by atoms with E-state index < -0.39 is 5.63 Å². The standard InChI is InChI=1S/C20H28N4O3.2ClH/c1-12-10-17(15-6-4-8-21-11-15)27-20(26)18(12)19(25)22-9-5-7-16-13(2)23-24-14(16)3;;/h10,15,21H,4-9,11H2,1-3H3,(H,22,25)(H,23,24);2*1H. The highest BCUT2D eigenvalue weighted by atomic mass is 35.5. The van der Waals surface area contributed by atoms with Crippen molar-refractivity contribution in [2.75, 3.05) is 19.6 Å². The van der Waals surface area contributed by atoms with Gasteiger partial charge in [0.25, 0.3) is 5.91 Å². The maximum absolute atomic E-state index is 12.5. The highest BCUT2D eigenvalue weighted by molar-refractivity contribution is 5.95. The molecule has 162 valence electrons. The zero-order valence-corrected chi connectivity index (χ0v) is 18.7. The predicted molar refractivity (Wildman–Crippen MR) is 118 cm³/mol.